The molecule has 0 radical (unpaired) electrons. The van der Waals surface area contributed by atoms with Crippen molar-refractivity contribution in [1.82, 2.24) is 0 Å². The van der Waals surface area contributed by atoms with Gasteiger partial charge in [0.05, 0.1) is 18.9 Å². The van der Waals surface area contributed by atoms with E-state index < -0.39 is 17.8 Å². The molecular formula is C16H21NO4. The molecule has 2 rings (SSSR count). The number of rotatable bonds is 4. The number of nitrogens with one attached hydrogen (secondary N) is 1. The number of hydrogen-bond acceptors (Lipinski definition) is 3. The first kappa shape index (κ1) is 15.4. The minimum atomic E-state index is -0.874. The van der Waals surface area contributed by atoms with Crippen LogP contribution in [0.3, 0.4) is 0 Å². The number of carbonyl (C=O) groups is 2. The first-order valence-electron chi connectivity index (χ1n) is 7.21. The number of carbonyl (C=O) groups excluding carboxylic acids is 1. The van der Waals surface area contributed by atoms with Gasteiger partial charge in [-0.15, -0.1) is 0 Å². The van der Waals surface area contributed by atoms with E-state index in [0.717, 1.165) is 24.2 Å². The summed E-state index contributed by atoms with van der Waals surface area (Å²) in [5.74, 6) is -1.36. The molecule has 1 aromatic rings. The maximum Gasteiger partial charge on any atom is 0.307 e. The largest absolute Gasteiger partial charge is 0.497 e. The summed E-state index contributed by atoms with van der Waals surface area (Å²) in [6, 6.07) is 5.40. The Morgan fingerprint density at radius 3 is 2.48 bits per heavy atom. The molecule has 21 heavy (non-hydrogen) atoms. The van der Waals surface area contributed by atoms with Crippen molar-refractivity contribution < 1.29 is 19.4 Å². The molecule has 0 aromatic heterocycles. The number of benzene rings is 1. The van der Waals surface area contributed by atoms with Crippen LogP contribution < -0.4 is 10.1 Å². The molecule has 0 saturated heterocycles. The van der Waals surface area contributed by atoms with Crippen LogP contribution in [0, 0.1) is 18.8 Å². The quantitative estimate of drug-likeness (QED) is 0.894. The van der Waals surface area contributed by atoms with Gasteiger partial charge in [-0.05, 0) is 43.5 Å². The monoisotopic (exact) mass is 291 g/mol. The van der Waals surface area contributed by atoms with Gasteiger partial charge in [0.1, 0.15) is 5.75 Å². The van der Waals surface area contributed by atoms with Crippen LogP contribution >= 0.6 is 0 Å². The van der Waals surface area contributed by atoms with Crippen molar-refractivity contribution in [3.8, 4) is 5.75 Å². The summed E-state index contributed by atoms with van der Waals surface area (Å²) in [5.41, 5.74) is 1.60. The van der Waals surface area contributed by atoms with Crippen LogP contribution in [0.5, 0.6) is 5.75 Å². The molecule has 0 unspecified atom stereocenters. The average molecular weight is 291 g/mol. The number of hydrogen-bond donors (Lipinski definition) is 2. The highest BCUT2D eigenvalue weighted by molar-refractivity contribution is 5.95. The van der Waals surface area contributed by atoms with E-state index in [1.807, 2.05) is 13.0 Å². The van der Waals surface area contributed by atoms with Crippen LogP contribution in [-0.4, -0.2) is 24.1 Å². The standard InChI is InChI=1S/C16H21NO4/c1-10-9-11(21-2)7-8-14(10)17-15(18)12-5-3-4-6-13(12)16(19)20/h7-9,12-13H,3-6H2,1-2H3,(H,17,18)(H,19,20)/t12-,13+/m1/s1. The molecule has 5 heteroatoms. The Kier molecular flexibility index (Phi) is 4.83. The highest BCUT2D eigenvalue weighted by atomic mass is 16.5. The van der Waals surface area contributed by atoms with Gasteiger partial charge >= 0.3 is 5.97 Å². The lowest BCUT2D eigenvalue weighted by atomic mass is 9.78. The van der Waals surface area contributed by atoms with E-state index in [2.05, 4.69) is 5.32 Å². The zero-order valence-corrected chi connectivity index (χ0v) is 12.4. The van der Waals surface area contributed by atoms with E-state index in [-0.39, 0.29) is 5.91 Å². The van der Waals surface area contributed by atoms with Crippen LogP contribution in [0.15, 0.2) is 18.2 Å². The number of carboxylic acid groups (broad SMARTS) is 1. The van der Waals surface area contributed by atoms with Crippen LogP contribution in [0.25, 0.3) is 0 Å². The molecule has 0 bridgehead atoms. The Morgan fingerprint density at radius 2 is 1.90 bits per heavy atom. The van der Waals surface area contributed by atoms with Crippen LogP contribution in [0.1, 0.15) is 31.2 Å². The van der Waals surface area contributed by atoms with Gasteiger partial charge in [-0.3, -0.25) is 9.59 Å². The molecule has 1 saturated carbocycles. The Bertz CT molecular complexity index is 541. The summed E-state index contributed by atoms with van der Waals surface area (Å²) in [5, 5.41) is 12.1. The lowest BCUT2D eigenvalue weighted by molar-refractivity contribution is -0.147. The van der Waals surface area contributed by atoms with Crippen molar-refractivity contribution in [2.45, 2.75) is 32.6 Å². The van der Waals surface area contributed by atoms with Crippen molar-refractivity contribution in [2.75, 3.05) is 12.4 Å². The Balaban J connectivity index is 2.11. The Morgan fingerprint density at radius 1 is 1.24 bits per heavy atom. The zero-order chi connectivity index (χ0) is 15.4. The first-order chi connectivity index (χ1) is 10.0. The second-order valence-corrected chi connectivity index (χ2v) is 5.51. The number of methoxy groups -OCH3 is 1. The number of ether oxygens (including phenoxy) is 1. The number of carboxylic acids is 1. The predicted octanol–water partition coefficient (Wildman–Crippen LogP) is 2.83. The summed E-state index contributed by atoms with van der Waals surface area (Å²) in [7, 11) is 1.59. The predicted molar refractivity (Wildman–Crippen MR) is 79.4 cm³/mol. The van der Waals surface area contributed by atoms with E-state index in [1.54, 1.807) is 19.2 Å². The highest BCUT2D eigenvalue weighted by Gasteiger charge is 2.35. The van der Waals surface area contributed by atoms with Gasteiger partial charge in [0, 0.05) is 5.69 Å². The molecule has 1 aromatic carbocycles. The summed E-state index contributed by atoms with van der Waals surface area (Å²) in [6.07, 6.45) is 3.00. The minimum Gasteiger partial charge on any atom is -0.497 e. The molecule has 1 aliphatic carbocycles. The fourth-order valence-corrected chi connectivity index (χ4v) is 2.87. The van der Waals surface area contributed by atoms with E-state index in [1.165, 1.54) is 0 Å². The molecule has 1 amide bonds. The third-order valence-corrected chi connectivity index (χ3v) is 4.11. The molecular weight excluding hydrogens is 270 g/mol. The second-order valence-electron chi connectivity index (χ2n) is 5.51. The Hall–Kier alpha value is -2.04. The van der Waals surface area contributed by atoms with Gasteiger partial charge < -0.3 is 15.2 Å². The van der Waals surface area contributed by atoms with E-state index in [0.29, 0.717) is 18.5 Å². The van der Waals surface area contributed by atoms with Crippen molar-refractivity contribution >= 4 is 17.6 Å². The van der Waals surface area contributed by atoms with E-state index in [9.17, 15) is 14.7 Å². The molecule has 1 fully saturated rings. The van der Waals surface area contributed by atoms with Crippen molar-refractivity contribution in [2.24, 2.45) is 11.8 Å². The average Bonchev–Trinajstić information content (AvgIpc) is 2.49. The fourth-order valence-electron chi connectivity index (χ4n) is 2.87. The van der Waals surface area contributed by atoms with Crippen molar-refractivity contribution in [3.63, 3.8) is 0 Å². The van der Waals surface area contributed by atoms with Gasteiger partial charge in [-0.2, -0.15) is 0 Å². The number of amides is 1. The first-order valence-corrected chi connectivity index (χ1v) is 7.21. The SMILES string of the molecule is COc1ccc(NC(=O)[C@@H]2CCCC[C@@H]2C(=O)O)c(C)c1. The third-order valence-electron chi connectivity index (χ3n) is 4.11. The van der Waals surface area contributed by atoms with Gasteiger partial charge in [-0.25, -0.2) is 0 Å². The normalized spacial score (nSPS) is 21.6. The van der Waals surface area contributed by atoms with Gasteiger partial charge in [-0.1, -0.05) is 12.8 Å². The third kappa shape index (κ3) is 3.54. The van der Waals surface area contributed by atoms with Gasteiger partial charge in [0.2, 0.25) is 5.91 Å². The smallest absolute Gasteiger partial charge is 0.307 e. The Labute approximate surface area is 124 Å². The van der Waals surface area contributed by atoms with Crippen LogP contribution in [-0.2, 0) is 9.59 Å². The van der Waals surface area contributed by atoms with Gasteiger partial charge in [0.25, 0.3) is 0 Å². The lowest BCUT2D eigenvalue weighted by Gasteiger charge is -2.27. The molecule has 0 spiro atoms. The van der Waals surface area contributed by atoms with Crippen molar-refractivity contribution in [1.29, 1.82) is 0 Å². The highest BCUT2D eigenvalue weighted by Crippen LogP contribution is 2.32. The van der Waals surface area contributed by atoms with Crippen molar-refractivity contribution in [3.05, 3.63) is 23.8 Å². The molecule has 0 heterocycles. The van der Waals surface area contributed by atoms with E-state index in [4.69, 9.17) is 4.74 Å². The molecule has 114 valence electrons. The lowest BCUT2D eigenvalue weighted by Crippen LogP contribution is -2.36. The number of aliphatic carboxylic acids is 1. The topological polar surface area (TPSA) is 75.6 Å². The number of anilines is 1. The fraction of sp³-hybridized carbons (Fsp3) is 0.500. The molecule has 0 aliphatic heterocycles. The summed E-state index contributed by atoms with van der Waals surface area (Å²) in [4.78, 5) is 23.7. The van der Waals surface area contributed by atoms with Crippen LogP contribution in [0.2, 0.25) is 0 Å². The molecule has 5 nitrogen and oxygen atoms in total. The maximum absolute atomic E-state index is 12.4. The van der Waals surface area contributed by atoms with Gasteiger partial charge in [0.15, 0.2) is 0 Å². The zero-order valence-electron chi connectivity index (χ0n) is 12.4. The summed E-state index contributed by atoms with van der Waals surface area (Å²) < 4.78 is 5.13. The maximum atomic E-state index is 12.4. The molecule has 2 atom stereocenters. The summed E-state index contributed by atoms with van der Waals surface area (Å²) in [6.45, 7) is 1.88. The summed E-state index contributed by atoms with van der Waals surface area (Å²) >= 11 is 0. The van der Waals surface area contributed by atoms with Crippen LogP contribution in [0.4, 0.5) is 5.69 Å². The minimum absolute atomic E-state index is 0.199. The molecule has 1 aliphatic rings. The van der Waals surface area contributed by atoms with E-state index >= 15 is 0 Å². The second kappa shape index (κ2) is 6.61. The molecule has 2 N–H and O–H groups in total. The number of aryl methyl sites for hydroxylation is 1.